The van der Waals surface area contributed by atoms with Gasteiger partial charge in [-0.05, 0) is 39.3 Å². The summed E-state index contributed by atoms with van der Waals surface area (Å²) >= 11 is 0. The number of non-ortho nitro benzene ring substituents is 1. The molecule has 1 amide bonds. The Kier molecular flexibility index (Phi) is 4.16. The second-order valence-corrected chi connectivity index (χ2v) is 6.13. The number of carbonyl (C=O) groups excluding carboxylic acids is 2. The molecular weight excluding hydrogens is 288 g/mol. The minimum absolute atomic E-state index is 0.0655. The molecule has 0 aliphatic carbocycles. The lowest BCUT2D eigenvalue weighted by Crippen LogP contribution is -2.42. The molecule has 7 heteroatoms. The first-order valence-electron chi connectivity index (χ1n) is 6.98. The van der Waals surface area contributed by atoms with Crippen LogP contribution < -0.4 is 4.90 Å². The van der Waals surface area contributed by atoms with Crippen molar-refractivity contribution in [3.05, 3.63) is 34.4 Å². The van der Waals surface area contributed by atoms with Crippen molar-refractivity contribution in [1.29, 1.82) is 0 Å². The van der Waals surface area contributed by atoms with Crippen LogP contribution in [0.4, 0.5) is 11.4 Å². The third-order valence-electron chi connectivity index (χ3n) is 3.23. The molecule has 0 bridgehead atoms. The Morgan fingerprint density at radius 1 is 1.32 bits per heavy atom. The van der Waals surface area contributed by atoms with Gasteiger partial charge in [-0.25, -0.2) is 4.79 Å². The van der Waals surface area contributed by atoms with E-state index in [2.05, 4.69) is 0 Å². The normalized spacial score (nSPS) is 18.4. The Labute approximate surface area is 128 Å². The van der Waals surface area contributed by atoms with Gasteiger partial charge in [0.25, 0.3) is 5.69 Å². The average molecular weight is 306 g/mol. The lowest BCUT2D eigenvalue weighted by Gasteiger charge is -2.27. The summed E-state index contributed by atoms with van der Waals surface area (Å²) in [6.45, 7) is 5.29. The van der Waals surface area contributed by atoms with Gasteiger partial charge in [0.1, 0.15) is 11.6 Å². The highest BCUT2D eigenvalue weighted by atomic mass is 16.6. The van der Waals surface area contributed by atoms with Gasteiger partial charge in [-0.15, -0.1) is 0 Å². The van der Waals surface area contributed by atoms with Crippen LogP contribution in [0.3, 0.4) is 0 Å². The molecule has 1 fully saturated rings. The molecule has 118 valence electrons. The molecule has 1 atom stereocenters. The Morgan fingerprint density at radius 3 is 2.41 bits per heavy atom. The summed E-state index contributed by atoms with van der Waals surface area (Å²) in [4.78, 5) is 35.8. The van der Waals surface area contributed by atoms with Crippen LogP contribution in [0, 0.1) is 10.1 Å². The number of nitro groups is 1. The standard InChI is InChI=1S/C15H18N2O5/c1-15(2,3)22-14(19)12-8-9-13(18)16(12)10-4-6-11(7-5-10)17(20)21/h4-7,12H,8-9H2,1-3H3. The summed E-state index contributed by atoms with van der Waals surface area (Å²) in [6, 6.07) is 4.88. The first-order valence-corrected chi connectivity index (χ1v) is 6.98. The van der Waals surface area contributed by atoms with E-state index in [1.807, 2.05) is 0 Å². The van der Waals surface area contributed by atoms with Gasteiger partial charge < -0.3 is 4.74 Å². The molecule has 1 saturated heterocycles. The van der Waals surface area contributed by atoms with E-state index in [4.69, 9.17) is 4.74 Å². The van der Waals surface area contributed by atoms with Gasteiger partial charge in [-0.1, -0.05) is 0 Å². The number of amides is 1. The monoisotopic (exact) mass is 306 g/mol. The highest BCUT2D eigenvalue weighted by Gasteiger charge is 2.39. The predicted molar refractivity (Wildman–Crippen MR) is 79.4 cm³/mol. The topological polar surface area (TPSA) is 89.8 Å². The van der Waals surface area contributed by atoms with Crippen molar-refractivity contribution in [2.75, 3.05) is 4.90 Å². The molecule has 7 nitrogen and oxygen atoms in total. The number of carbonyl (C=O) groups is 2. The number of benzene rings is 1. The zero-order chi connectivity index (χ0) is 16.5. The van der Waals surface area contributed by atoms with Crippen molar-refractivity contribution in [2.24, 2.45) is 0 Å². The summed E-state index contributed by atoms with van der Waals surface area (Å²) in [6.07, 6.45) is 0.631. The summed E-state index contributed by atoms with van der Waals surface area (Å²) in [5.41, 5.74) is -0.239. The highest BCUT2D eigenvalue weighted by Crippen LogP contribution is 2.29. The predicted octanol–water partition coefficient (Wildman–Crippen LogP) is 2.43. The highest BCUT2D eigenvalue weighted by molar-refractivity contribution is 6.02. The third kappa shape index (κ3) is 3.41. The molecule has 1 unspecified atom stereocenters. The Bertz CT molecular complexity index is 603. The van der Waals surface area contributed by atoms with Crippen molar-refractivity contribution in [1.82, 2.24) is 0 Å². The fourth-order valence-corrected chi connectivity index (χ4v) is 2.34. The van der Waals surface area contributed by atoms with Crippen LogP contribution in [0.2, 0.25) is 0 Å². The number of nitro benzene ring substituents is 1. The van der Waals surface area contributed by atoms with Gasteiger partial charge in [0, 0.05) is 24.2 Å². The lowest BCUT2D eigenvalue weighted by atomic mass is 10.1. The molecule has 0 N–H and O–H groups in total. The Morgan fingerprint density at radius 2 is 1.91 bits per heavy atom. The minimum atomic E-state index is -0.687. The Balaban J connectivity index is 2.24. The van der Waals surface area contributed by atoms with Crippen LogP contribution in [0.1, 0.15) is 33.6 Å². The molecule has 1 aliphatic rings. The van der Waals surface area contributed by atoms with Crippen LogP contribution >= 0.6 is 0 Å². The molecule has 0 radical (unpaired) electrons. The summed E-state index contributed by atoms with van der Waals surface area (Å²) < 4.78 is 5.34. The van der Waals surface area contributed by atoms with Crippen molar-refractivity contribution in [3.8, 4) is 0 Å². The van der Waals surface area contributed by atoms with E-state index in [1.54, 1.807) is 20.8 Å². The lowest BCUT2D eigenvalue weighted by molar-refractivity contribution is -0.384. The zero-order valence-corrected chi connectivity index (χ0v) is 12.7. The molecule has 0 spiro atoms. The van der Waals surface area contributed by atoms with Crippen LogP contribution in [0.15, 0.2) is 24.3 Å². The Hall–Kier alpha value is -2.44. The van der Waals surface area contributed by atoms with E-state index in [9.17, 15) is 19.7 Å². The first-order chi connectivity index (χ1) is 10.2. The smallest absolute Gasteiger partial charge is 0.329 e. The summed E-state index contributed by atoms with van der Waals surface area (Å²) in [5, 5.41) is 10.7. The summed E-state index contributed by atoms with van der Waals surface area (Å²) in [5.74, 6) is -0.651. The van der Waals surface area contributed by atoms with Gasteiger partial charge in [0.15, 0.2) is 0 Å². The molecule has 0 aromatic heterocycles. The van der Waals surface area contributed by atoms with Crippen molar-refractivity contribution in [2.45, 2.75) is 45.3 Å². The van der Waals surface area contributed by atoms with Crippen LogP contribution in [-0.4, -0.2) is 28.4 Å². The molecule has 2 rings (SSSR count). The van der Waals surface area contributed by atoms with Gasteiger partial charge in [0.05, 0.1) is 4.92 Å². The molecule has 1 aromatic rings. The maximum atomic E-state index is 12.2. The number of hydrogen-bond donors (Lipinski definition) is 0. The number of hydrogen-bond acceptors (Lipinski definition) is 5. The third-order valence-corrected chi connectivity index (χ3v) is 3.23. The maximum absolute atomic E-state index is 12.2. The molecular formula is C15H18N2O5. The quantitative estimate of drug-likeness (QED) is 0.486. The van der Waals surface area contributed by atoms with Gasteiger partial charge >= 0.3 is 5.97 Å². The number of nitrogens with zero attached hydrogens (tertiary/aromatic N) is 2. The van der Waals surface area contributed by atoms with Gasteiger partial charge in [-0.3, -0.25) is 19.8 Å². The van der Waals surface area contributed by atoms with Crippen molar-refractivity contribution in [3.63, 3.8) is 0 Å². The molecule has 1 aromatic carbocycles. The van der Waals surface area contributed by atoms with Crippen LogP contribution in [-0.2, 0) is 14.3 Å². The SMILES string of the molecule is CC(C)(C)OC(=O)C1CCC(=O)N1c1ccc([N+](=O)[O-])cc1. The van der Waals surface area contributed by atoms with Gasteiger partial charge in [-0.2, -0.15) is 0 Å². The van der Waals surface area contributed by atoms with Crippen LogP contribution in [0.25, 0.3) is 0 Å². The van der Waals surface area contributed by atoms with E-state index < -0.39 is 22.5 Å². The van der Waals surface area contributed by atoms with Crippen molar-refractivity contribution >= 4 is 23.3 Å². The average Bonchev–Trinajstić information content (AvgIpc) is 2.79. The van der Waals surface area contributed by atoms with Crippen LogP contribution in [0.5, 0.6) is 0 Å². The van der Waals surface area contributed by atoms with E-state index in [-0.39, 0.29) is 18.0 Å². The van der Waals surface area contributed by atoms with Gasteiger partial charge in [0.2, 0.25) is 5.91 Å². The zero-order valence-electron chi connectivity index (χ0n) is 12.7. The summed E-state index contributed by atoms with van der Waals surface area (Å²) in [7, 11) is 0. The second-order valence-electron chi connectivity index (χ2n) is 6.13. The minimum Gasteiger partial charge on any atom is -0.458 e. The molecule has 1 aliphatic heterocycles. The largest absolute Gasteiger partial charge is 0.458 e. The number of esters is 1. The molecule has 0 saturated carbocycles. The first kappa shape index (κ1) is 15.9. The molecule has 22 heavy (non-hydrogen) atoms. The van der Waals surface area contributed by atoms with Crippen molar-refractivity contribution < 1.29 is 19.2 Å². The fraction of sp³-hybridized carbons (Fsp3) is 0.467. The number of ether oxygens (including phenoxy) is 1. The fourth-order valence-electron chi connectivity index (χ4n) is 2.34. The maximum Gasteiger partial charge on any atom is 0.329 e. The number of rotatable bonds is 3. The second kappa shape index (κ2) is 5.75. The van der Waals surface area contributed by atoms with E-state index in [1.165, 1.54) is 29.2 Å². The number of anilines is 1. The molecule has 1 heterocycles. The van der Waals surface area contributed by atoms with E-state index in [0.29, 0.717) is 12.1 Å². The van der Waals surface area contributed by atoms with E-state index >= 15 is 0 Å². The van der Waals surface area contributed by atoms with E-state index in [0.717, 1.165) is 0 Å².